The topological polar surface area (TPSA) is 0 Å². The van der Waals surface area contributed by atoms with E-state index in [0.29, 0.717) is 11.3 Å². The van der Waals surface area contributed by atoms with Gasteiger partial charge in [-0.15, -0.1) is 0 Å². The highest BCUT2D eigenvalue weighted by Gasteiger charge is 2.35. The monoisotopic (exact) mass is 598 g/mol. The number of allylic oxidation sites excluding steroid dienone is 4. The lowest BCUT2D eigenvalue weighted by Crippen LogP contribution is -2.24. The Morgan fingerprint density at radius 2 is 1.58 bits per heavy atom. The van der Waals surface area contributed by atoms with Crippen LogP contribution in [0.25, 0.3) is 28.3 Å². The second-order valence-corrected chi connectivity index (χ2v) is 16.2. The van der Waals surface area contributed by atoms with E-state index in [-0.39, 0.29) is 0 Å². The van der Waals surface area contributed by atoms with Gasteiger partial charge in [0.1, 0.15) is 0 Å². The third-order valence-corrected chi connectivity index (χ3v) is 9.86. The van der Waals surface area contributed by atoms with Gasteiger partial charge in [-0.3, -0.25) is 0 Å². The highest BCUT2D eigenvalue weighted by Crippen LogP contribution is 2.51. The van der Waals surface area contributed by atoms with Gasteiger partial charge >= 0.3 is 0 Å². The lowest BCUT2D eigenvalue weighted by molar-refractivity contribution is 0.227. The van der Waals surface area contributed by atoms with Crippen LogP contribution in [0.3, 0.4) is 0 Å². The van der Waals surface area contributed by atoms with Gasteiger partial charge in [0, 0.05) is 5.92 Å². The molecule has 0 saturated heterocycles. The third kappa shape index (κ3) is 7.82. The first-order valence-corrected chi connectivity index (χ1v) is 17.8. The van der Waals surface area contributed by atoms with Gasteiger partial charge in [0.15, 0.2) is 0 Å². The first-order chi connectivity index (χ1) is 21.3. The average Bonchev–Trinajstić information content (AvgIpc) is 3.50. The number of fused-ring (bicyclic) bond motifs is 2. The third-order valence-electron chi connectivity index (χ3n) is 9.86. The second kappa shape index (κ2) is 13.7. The predicted molar refractivity (Wildman–Crippen MR) is 200 cm³/mol. The zero-order valence-corrected chi connectivity index (χ0v) is 29.9. The summed E-state index contributed by atoms with van der Waals surface area (Å²) in [6.45, 7) is 24.3. The molecule has 0 aliphatic heterocycles. The van der Waals surface area contributed by atoms with E-state index >= 15 is 0 Å². The molecule has 3 aromatic rings. The summed E-state index contributed by atoms with van der Waals surface area (Å²) in [5.41, 5.74) is 19.1. The summed E-state index contributed by atoms with van der Waals surface area (Å²) < 4.78 is 0. The van der Waals surface area contributed by atoms with Gasteiger partial charge in [-0.25, -0.2) is 0 Å². The van der Waals surface area contributed by atoms with Crippen molar-refractivity contribution in [3.05, 3.63) is 111 Å². The maximum Gasteiger partial charge on any atom is 0.000174 e. The average molecular weight is 599 g/mol. The van der Waals surface area contributed by atoms with Gasteiger partial charge < -0.3 is 0 Å². The second-order valence-electron chi connectivity index (χ2n) is 16.2. The van der Waals surface area contributed by atoms with Crippen LogP contribution in [0, 0.1) is 31.1 Å². The summed E-state index contributed by atoms with van der Waals surface area (Å²) in [4.78, 5) is 0. The van der Waals surface area contributed by atoms with Gasteiger partial charge in [0.05, 0.1) is 0 Å². The summed E-state index contributed by atoms with van der Waals surface area (Å²) in [7, 11) is 0. The molecule has 0 radical (unpaired) electrons. The van der Waals surface area contributed by atoms with Gasteiger partial charge in [0.25, 0.3) is 0 Å². The number of hydrogen-bond acceptors (Lipinski definition) is 0. The van der Waals surface area contributed by atoms with Crippen molar-refractivity contribution in [2.75, 3.05) is 0 Å². The molecule has 0 aromatic heterocycles. The van der Waals surface area contributed by atoms with E-state index in [1.54, 1.807) is 5.57 Å². The fraction of sp³-hybridized carbons (Fsp3) is 0.467. The van der Waals surface area contributed by atoms with Crippen molar-refractivity contribution >= 4 is 17.2 Å². The molecule has 6 rings (SSSR count). The minimum Gasteiger partial charge on any atom is -0.0998 e. The van der Waals surface area contributed by atoms with Crippen LogP contribution in [-0.2, 0) is 12.8 Å². The number of hydrogen-bond donors (Lipinski definition) is 0. The Morgan fingerprint density at radius 3 is 2.22 bits per heavy atom. The lowest BCUT2D eigenvalue weighted by Gasteiger charge is -2.37. The molecule has 0 heteroatoms. The largest absolute Gasteiger partial charge is 0.0998 e. The fourth-order valence-electron chi connectivity index (χ4n) is 7.58. The number of benzene rings is 3. The predicted octanol–water partition coefficient (Wildman–Crippen LogP) is 13.3. The molecule has 0 bridgehead atoms. The molecule has 3 aromatic carbocycles. The minimum atomic E-state index is 0.500. The number of rotatable bonds is 9. The molecule has 238 valence electrons. The molecule has 3 aliphatic rings. The van der Waals surface area contributed by atoms with Crippen LogP contribution in [0.15, 0.2) is 66.8 Å². The summed E-state index contributed by atoms with van der Waals surface area (Å²) in [5, 5.41) is 0. The van der Waals surface area contributed by atoms with E-state index in [1.165, 1.54) is 105 Å². The normalized spacial score (nSPS) is 20.0. The Labute approximate surface area is 275 Å². The van der Waals surface area contributed by atoms with Crippen molar-refractivity contribution < 1.29 is 0 Å². The van der Waals surface area contributed by atoms with Gasteiger partial charge in [-0.05, 0) is 131 Å². The molecule has 1 fully saturated rings. The molecule has 0 heterocycles. The standard InChI is InChI=1S/C40H46.C5H12/c1-7-8-9-10-29-20-34(21-29)37-19-28(6)35-16-15-31(23-39(35)37)32-22-33-18-27(5)36(17-25(2)3)40(38(33)24-32)30-13-11-26(4)12-14-30;1-5(2,3)4/h11-16,18-19,22-23,28-29,34H,2,7-10,17,20-21,24H2,1,3-6H3;1-4H3. The van der Waals surface area contributed by atoms with Crippen LogP contribution in [-0.4, -0.2) is 0 Å². The fourth-order valence-corrected chi connectivity index (χ4v) is 7.58. The van der Waals surface area contributed by atoms with Gasteiger partial charge in [-0.1, -0.05) is 140 Å². The molecule has 1 unspecified atom stereocenters. The Morgan fingerprint density at radius 1 is 0.911 bits per heavy atom. The van der Waals surface area contributed by atoms with E-state index in [4.69, 9.17) is 0 Å². The van der Waals surface area contributed by atoms with Crippen molar-refractivity contribution in [3.8, 4) is 11.1 Å². The van der Waals surface area contributed by atoms with E-state index < -0.39 is 0 Å². The van der Waals surface area contributed by atoms with Crippen molar-refractivity contribution in [2.45, 2.75) is 120 Å². The zero-order valence-electron chi connectivity index (χ0n) is 29.9. The summed E-state index contributed by atoms with van der Waals surface area (Å²) >= 11 is 0. The summed E-state index contributed by atoms with van der Waals surface area (Å²) in [5.74, 6) is 2.25. The molecule has 0 spiro atoms. The minimum absolute atomic E-state index is 0.500. The summed E-state index contributed by atoms with van der Waals surface area (Å²) in [6.07, 6.45) is 15.3. The first-order valence-electron chi connectivity index (χ1n) is 17.8. The van der Waals surface area contributed by atoms with E-state index in [9.17, 15) is 0 Å². The number of unbranched alkanes of at least 4 members (excludes halogenated alkanes) is 2. The van der Waals surface area contributed by atoms with Gasteiger partial charge in [-0.2, -0.15) is 0 Å². The van der Waals surface area contributed by atoms with Crippen LogP contribution in [0.4, 0.5) is 0 Å². The van der Waals surface area contributed by atoms with Crippen LogP contribution in [0.5, 0.6) is 0 Å². The van der Waals surface area contributed by atoms with Crippen molar-refractivity contribution in [3.63, 3.8) is 0 Å². The molecular weight excluding hydrogens is 540 g/mol. The highest BCUT2D eigenvalue weighted by molar-refractivity contribution is 5.94. The SMILES string of the molecule is C=C(C)Cc1c(C)cc2c(c1-c1ccc(C)cc1)CC(c1ccc3c(c1)C(C1CC(CCCCC)C1)=CC3C)=C2.CC(C)(C)C. The van der Waals surface area contributed by atoms with Gasteiger partial charge in [0.2, 0.25) is 0 Å². The molecule has 1 atom stereocenters. The van der Waals surface area contributed by atoms with Crippen LogP contribution in [0.1, 0.15) is 137 Å². The smallest absolute Gasteiger partial charge is 0.000174 e. The molecule has 0 amide bonds. The van der Waals surface area contributed by atoms with Crippen LogP contribution >= 0.6 is 0 Å². The molecule has 1 saturated carbocycles. The molecule has 0 nitrogen and oxygen atoms in total. The van der Waals surface area contributed by atoms with E-state index in [2.05, 4.69) is 130 Å². The Bertz CT molecular complexity index is 1590. The Hall–Kier alpha value is -3.12. The number of aryl methyl sites for hydroxylation is 2. The van der Waals surface area contributed by atoms with Crippen molar-refractivity contribution in [1.82, 2.24) is 0 Å². The Kier molecular flexibility index (Phi) is 10.1. The molecule has 3 aliphatic carbocycles. The molecule has 0 N–H and O–H groups in total. The van der Waals surface area contributed by atoms with E-state index in [1.807, 2.05) is 0 Å². The maximum atomic E-state index is 4.27. The maximum absolute atomic E-state index is 4.27. The van der Waals surface area contributed by atoms with Crippen LogP contribution < -0.4 is 0 Å². The highest BCUT2D eigenvalue weighted by atomic mass is 14.4. The van der Waals surface area contributed by atoms with Crippen molar-refractivity contribution in [2.24, 2.45) is 17.3 Å². The first kappa shape index (κ1) is 33.2. The quantitative estimate of drug-likeness (QED) is 0.170. The van der Waals surface area contributed by atoms with Crippen LogP contribution in [0.2, 0.25) is 0 Å². The molecular formula is C45H58. The van der Waals surface area contributed by atoms with E-state index in [0.717, 1.165) is 24.7 Å². The zero-order chi connectivity index (χ0) is 32.5. The lowest BCUT2D eigenvalue weighted by atomic mass is 9.68. The Balaban J connectivity index is 0.000000743. The van der Waals surface area contributed by atoms with Crippen molar-refractivity contribution in [1.29, 1.82) is 0 Å². The molecule has 45 heavy (non-hydrogen) atoms. The summed E-state index contributed by atoms with van der Waals surface area (Å²) in [6, 6.07) is 18.9.